The van der Waals surface area contributed by atoms with Gasteiger partial charge in [0.25, 0.3) is 0 Å². The third-order valence-electron chi connectivity index (χ3n) is 4.41. The second kappa shape index (κ2) is 8.02. The highest BCUT2D eigenvalue weighted by molar-refractivity contribution is 5.56. The van der Waals surface area contributed by atoms with Crippen molar-refractivity contribution in [3.8, 4) is 11.4 Å². The van der Waals surface area contributed by atoms with E-state index in [1.54, 1.807) is 12.4 Å². The minimum Gasteiger partial charge on any atom is -0.367 e. The molecule has 0 saturated carbocycles. The summed E-state index contributed by atoms with van der Waals surface area (Å²) in [4.78, 5) is 15.9. The predicted octanol–water partition coefficient (Wildman–Crippen LogP) is 3.16. The first-order valence-corrected chi connectivity index (χ1v) is 8.66. The van der Waals surface area contributed by atoms with Crippen molar-refractivity contribution in [2.45, 2.75) is 32.2 Å². The maximum atomic E-state index is 4.72. The van der Waals surface area contributed by atoms with E-state index in [1.165, 1.54) is 0 Å². The van der Waals surface area contributed by atoms with E-state index in [0.29, 0.717) is 6.04 Å². The third kappa shape index (κ3) is 4.17. The highest BCUT2D eigenvalue weighted by Crippen LogP contribution is 2.20. The van der Waals surface area contributed by atoms with Crippen LogP contribution >= 0.6 is 0 Å². The molecule has 5 heteroatoms. The molecule has 1 aliphatic rings. The fourth-order valence-electron chi connectivity index (χ4n) is 3.03. The maximum absolute atomic E-state index is 4.72. The van der Waals surface area contributed by atoms with Gasteiger partial charge in [0, 0.05) is 55.4 Å². The molecule has 126 valence electrons. The highest BCUT2D eigenvalue weighted by atomic mass is 15.1. The Morgan fingerprint density at radius 2 is 2.00 bits per heavy atom. The molecule has 0 unspecified atom stereocenters. The number of likely N-dealkylation sites (tertiary alicyclic amines) is 1. The van der Waals surface area contributed by atoms with Crippen molar-refractivity contribution in [3.63, 3.8) is 0 Å². The van der Waals surface area contributed by atoms with E-state index < -0.39 is 0 Å². The standard InChI is InChI=1S/C19H25N5/c1-3-11-24-12-7-17(8-13-24)21-18-14-16(4-2)22-19(23-18)15-5-9-20-10-6-15/h3,5-6,9-10,14,17H,1,4,7-8,11-13H2,2H3,(H,21,22,23). The Morgan fingerprint density at radius 1 is 1.25 bits per heavy atom. The van der Waals surface area contributed by atoms with Crippen LogP contribution < -0.4 is 5.32 Å². The van der Waals surface area contributed by atoms with Gasteiger partial charge >= 0.3 is 0 Å². The van der Waals surface area contributed by atoms with Gasteiger partial charge in [0.05, 0.1) is 0 Å². The lowest BCUT2D eigenvalue weighted by Gasteiger charge is -2.31. The summed E-state index contributed by atoms with van der Waals surface area (Å²) >= 11 is 0. The van der Waals surface area contributed by atoms with Crippen molar-refractivity contribution in [1.29, 1.82) is 0 Å². The van der Waals surface area contributed by atoms with Gasteiger partial charge in [-0.25, -0.2) is 9.97 Å². The molecule has 0 atom stereocenters. The lowest BCUT2D eigenvalue weighted by molar-refractivity contribution is 0.240. The Labute approximate surface area is 143 Å². The van der Waals surface area contributed by atoms with Gasteiger partial charge in [0.2, 0.25) is 0 Å². The molecular weight excluding hydrogens is 298 g/mol. The van der Waals surface area contributed by atoms with Gasteiger partial charge in [-0.05, 0) is 31.4 Å². The number of hydrogen-bond donors (Lipinski definition) is 1. The molecule has 1 aliphatic heterocycles. The number of nitrogens with zero attached hydrogens (tertiary/aromatic N) is 4. The van der Waals surface area contributed by atoms with Crippen LogP contribution in [0.25, 0.3) is 11.4 Å². The molecule has 1 saturated heterocycles. The zero-order valence-electron chi connectivity index (χ0n) is 14.3. The van der Waals surface area contributed by atoms with Gasteiger partial charge in [-0.15, -0.1) is 6.58 Å². The molecule has 5 nitrogen and oxygen atoms in total. The average molecular weight is 323 g/mol. The quantitative estimate of drug-likeness (QED) is 0.828. The van der Waals surface area contributed by atoms with Crippen LogP contribution in [0.1, 0.15) is 25.5 Å². The fraction of sp³-hybridized carbons (Fsp3) is 0.421. The number of anilines is 1. The van der Waals surface area contributed by atoms with Gasteiger partial charge < -0.3 is 5.32 Å². The Bertz CT molecular complexity index is 663. The van der Waals surface area contributed by atoms with Gasteiger partial charge in [-0.1, -0.05) is 13.0 Å². The molecule has 0 radical (unpaired) electrons. The summed E-state index contributed by atoms with van der Waals surface area (Å²) in [6, 6.07) is 6.44. The van der Waals surface area contributed by atoms with E-state index in [9.17, 15) is 0 Å². The number of rotatable bonds is 6. The molecule has 1 fully saturated rings. The first kappa shape index (κ1) is 16.6. The number of hydrogen-bond acceptors (Lipinski definition) is 5. The average Bonchev–Trinajstić information content (AvgIpc) is 2.64. The molecule has 24 heavy (non-hydrogen) atoms. The summed E-state index contributed by atoms with van der Waals surface area (Å²) in [5.74, 6) is 1.69. The molecule has 0 bridgehead atoms. The molecular formula is C19H25N5. The second-order valence-electron chi connectivity index (χ2n) is 6.17. The Hall–Kier alpha value is -2.27. The van der Waals surface area contributed by atoms with E-state index in [2.05, 4.69) is 39.8 Å². The molecule has 0 aromatic carbocycles. The van der Waals surface area contributed by atoms with Crippen LogP contribution in [0.4, 0.5) is 5.82 Å². The minimum absolute atomic E-state index is 0.468. The van der Waals surface area contributed by atoms with E-state index in [4.69, 9.17) is 4.98 Å². The van der Waals surface area contributed by atoms with Crippen LogP contribution in [0.2, 0.25) is 0 Å². The van der Waals surface area contributed by atoms with Crippen LogP contribution in [-0.2, 0) is 6.42 Å². The van der Waals surface area contributed by atoms with E-state index in [-0.39, 0.29) is 0 Å². The monoisotopic (exact) mass is 323 g/mol. The van der Waals surface area contributed by atoms with Crippen molar-refractivity contribution in [2.75, 3.05) is 25.0 Å². The van der Waals surface area contributed by atoms with Gasteiger partial charge in [0.1, 0.15) is 5.82 Å². The van der Waals surface area contributed by atoms with E-state index >= 15 is 0 Å². The molecule has 2 aromatic rings. The second-order valence-corrected chi connectivity index (χ2v) is 6.17. The SMILES string of the molecule is C=CCN1CCC(Nc2cc(CC)nc(-c3ccncc3)n2)CC1. The van der Waals surface area contributed by atoms with E-state index in [0.717, 1.165) is 61.8 Å². The van der Waals surface area contributed by atoms with Gasteiger partial charge in [-0.2, -0.15) is 0 Å². The summed E-state index contributed by atoms with van der Waals surface area (Å²) in [6.07, 6.45) is 8.69. The summed E-state index contributed by atoms with van der Waals surface area (Å²) in [5.41, 5.74) is 2.06. The fourth-order valence-corrected chi connectivity index (χ4v) is 3.03. The first-order valence-electron chi connectivity index (χ1n) is 8.66. The Kier molecular flexibility index (Phi) is 5.54. The Morgan fingerprint density at radius 3 is 2.67 bits per heavy atom. The van der Waals surface area contributed by atoms with Crippen LogP contribution in [0.5, 0.6) is 0 Å². The Balaban J connectivity index is 1.73. The molecule has 0 aliphatic carbocycles. The maximum Gasteiger partial charge on any atom is 0.161 e. The van der Waals surface area contributed by atoms with Crippen molar-refractivity contribution in [2.24, 2.45) is 0 Å². The smallest absolute Gasteiger partial charge is 0.161 e. The van der Waals surface area contributed by atoms with Crippen LogP contribution in [0.15, 0.2) is 43.2 Å². The number of aromatic nitrogens is 3. The van der Waals surface area contributed by atoms with Crippen LogP contribution in [-0.4, -0.2) is 45.5 Å². The first-order chi connectivity index (χ1) is 11.8. The summed E-state index contributed by atoms with van der Waals surface area (Å²) in [7, 11) is 0. The molecule has 3 rings (SSSR count). The van der Waals surface area contributed by atoms with Crippen LogP contribution in [0.3, 0.4) is 0 Å². The molecule has 1 N–H and O–H groups in total. The molecule has 0 amide bonds. The lowest BCUT2D eigenvalue weighted by Crippen LogP contribution is -2.39. The zero-order valence-corrected chi connectivity index (χ0v) is 14.3. The lowest BCUT2D eigenvalue weighted by atomic mass is 10.1. The normalized spacial score (nSPS) is 16.0. The van der Waals surface area contributed by atoms with E-state index in [1.807, 2.05) is 18.2 Å². The van der Waals surface area contributed by atoms with Crippen LogP contribution in [0, 0.1) is 0 Å². The van der Waals surface area contributed by atoms with Crippen molar-refractivity contribution < 1.29 is 0 Å². The van der Waals surface area contributed by atoms with Gasteiger partial charge in [-0.3, -0.25) is 9.88 Å². The number of piperidine rings is 1. The zero-order chi connectivity index (χ0) is 16.8. The molecule has 3 heterocycles. The minimum atomic E-state index is 0.468. The highest BCUT2D eigenvalue weighted by Gasteiger charge is 2.19. The molecule has 2 aromatic heterocycles. The third-order valence-corrected chi connectivity index (χ3v) is 4.41. The van der Waals surface area contributed by atoms with Crippen molar-refractivity contribution >= 4 is 5.82 Å². The summed E-state index contributed by atoms with van der Waals surface area (Å²) in [6.45, 7) is 9.13. The number of pyridine rings is 1. The summed E-state index contributed by atoms with van der Waals surface area (Å²) < 4.78 is 0. The van der Waals surface area contributed by atoms with Crippen molar-refractivity contribution in [1.82, 2.24) is 19.9 Å². The molecule has 0 spiro atoms. The van der Waals surface area contributed by atoms with Crippen molar-refractivity contribution in [3.05, 3.63) is 48.9 Å². The topological polar surface area (TPSA) is 53.9 Å². The number of aryl methyl sites for hydroxylation is 1. The largest absolute Gasteiger partial charge is 0.367 e. The number of nitrogens with one attached hydrogen (secondary N) is 1. The summed E-state index contributed by atoms with van der Waals surface area (Å²) in [5, 5.41) is 3.61. The predicted molar refractivity (Wildman–Crippen MR) is 97.9 cm³/mol. The van der Waals surface area contributed by atoms with Gasteiger partial charge in [0.15, 0.2) is 5.82 Å².